The Morgan fingerprint density at radius 2 is 2.04 bits per heavy atom. The van der Waals surface area contributed by atoms with Crippen LogP contribution in [0.25, 0.3) is 0 Å². The molecule has 24 heavy (non-hydrogen) atoms. The van der Waals surface area contributed by atoms with Crippen LogP contribution >= 0.6 is 11.6 Å². The fourth-order valence-electron chi connectivity index (χ4n) is 3.67. The van der Waals surface area contributed by atoms with Gasteiger partial charge in [-0.05, 0) is 38.8 Å². The molecule has 1 amide bonds. The van der Waals surface area contributed by atoms with Gasteiger partial charge in [0.2, 0.25) is 0 Å². The van der Waals surface area contributed by atoms with Crippen molar-refractivity contribution in [3.8, 4) is 0 Å². The maximum atomic E-state index is 12.9. The van der Waals surface area contributed by atoms with Crippen molar-refractivity contribution in [3.05, 3.63) is 29.0 Å². The third-order valence-corrected chi connectivity index (χ3v) is 5.57. The zero-order chi connectivity index (χ0) is 16.9. The molecule has 0 radical (unpaired) electrons. The molecule has 5 nitrogen and oxygen atoms in total. The molecule has 1 unspecified atom stereocenters. The van der Waals surface area contributed by atoms with Crippen molar-refractivity contribution in [2.45, 2.75) is 31.7 Å². The number of carbonyl (C=O) groups excluding carboxylic acids is 1. The second-order valence-electron chi connectivity index (χ2n) is 6.94. The van der Waals surface area contributed by atoms with E-state index in [-0.39, 0.29) is 5.91 Å². The van der Waals surface area contributed by atoms with Crippen LogP contribution in [0.4, 0.5) is 0 Å². The van der Waals surface area contributed by atoms with E-state index in [0.717, 1.165) is 58.5 Å². The summed E-state index contributed by atoms with van der Waals surface area (Å²) in [4.78, 5) is 23.8. The molecule has 6 heteroatoms. The van der Waals surface area contributed by atoms with Crippen LogP contribution in [0.1, 0.15) is 36.0 Å². The van der Waals surface area contributed by atoms with Gasteiger partial charge in [-0.1, -0.05) is 11.6 Å². The predicted octanol–water partition coefficient (Wildman–Crippen LogP) is 2.37. The minimum atomic E-state index is 0.0606. The van der Waals surface area contributed by atoms with Gasteiger partial charge in [-0.15, -0.1) is 0 Å². The molecule has 2 aliphatic heterocycles. The van der Waals surface area contributed by atoms with Gasteiger partial charge in [-0.3, -0.25) is 9.78 Å². The molecular weight excluding hydrogens is 324 g/mol. The summed E-state index contributed by atoms with van der Waals surface area (Å²) < 4.78 is 0. The van der Waals surface area contributed by atoms with Crippen LogP contribution in [0, 0.1) is 0 Å². The Labute approximate surface area is 149 Å². The van der Waals surface area contributed by atoms with Gasteiger partial charge in [0.25, 0.3) is 5.91 Å². The standard InChI is InChI=1S/C18H27ClN4O/c1-21-10-12-22(13-11-21)9-6-15-4-2-3-8-23(15)18(24)16-5-7-20-14-17(16)19/h5,7,14-15H,2-4,6,8-13H2,1H3. The SMILES string of the molecule is CN1CCN(CCC2CCCCN2C(=O)c2ccncc2Cl)CC1. The van der Waals surface area contributed by atoms with Crippen LogP contribution in [0.15, 0.2) is 18.5 Å². The molecule has 1 atom stereocenters. The fraction of sp³-hybridized carbons (Fsp3) is 0.667. The van der Waals surface area contributed by atoms with E-state index >= 15 is 0 Å². The summed E-state index contributed by atoms with van der Waals surface area (Å²) in [6.07, 6.45) is 7.64. The number of rotatable bonds is 4. The Morgan fingerprint density at radius 3 is 2.79 bits per heavy atom. The summed E-state index contributed by atoms with van der Waals surface area (Å²) in [5.41, 5.74) is 0.582. The van der Waals surface area contributed by atoms with Crippen molar-refractivity contribution in [2.24, 2.45) is 0 Å². The van der Waals surface area contributed by atoms with Crippen molar-refractivity contribution in [1.29, 1.82) is 0 Å². The average Bonchev–Trinajstić information content (AvgIpc) is 2.61. The van der Waals surface area contributed by atoms with E-state index in [4.69, 9.17) is 11.6 Å². The van der Waals surface area contributed by atoms with Crippen LogP contribution in [-0.4, -0.2) is 77.9 Å². The summed E-state index contributed by atoms with van der Waals surface area (Å²) in [6.45, 7) is 6.46. The van der Waals surface area contributed by atoms with Gasteiger partial charge in [0, 0.05) is 57.7 Å². The van der Waals surface area contributed by atoms with Gasteiger partial charge >= 0.3 is 0 Å². The number of likely N-dealkylation sites (N-methyl/N-ethyl adjacent to an activating group) is 1. The summed E-state index contributed by atoms with van der Waals surface area (Å²) in [5, 5.41) is 0.450. The highest BCUT2D eigenvalue weighted by atomic mass is 35.5. The second-order valence-corrected chi connectivity index (χ2v) is 7.34. The monoisotopic (exact) mass is 350 g/mol. The third-order valence-electron chi connectivity index (χ3n) is 5.27. The van der Waals surface area contributed by atoms with Crippen molar-refractivity contribution in [1.82, 2.24) is 19.7 Å². The number of carbonyl (C=O) groups is 1. The Hall–Kier alpha value is -1.17. The topological polar surface area (TPSA) is 39.7 Å². The number of likely N-dealkylation sites (tertiary alicyclic amines) is 1. The highest BCUT2D eigenvalue weighted by Crippen LogP contribution is 2.24. The molecule has 0 saturated carbocycles. The van der Waals surface area contributed by atoms with Gasteiger partial charge in [-0.25, -0.2) is 0 Å². The molecule has 2 saturated heterocycles. The summed E-state index contributed by atoms with van der Waals surface area (Å²) in [5.74, 6) is 0.0606. The van der Waals surface area contributed by atoms with E-state index < -0.39 is 0 Å². The van der Waals surface area contributed by atoms with Crippen molar-refractivity contribution >= 4 is 17.5 Å². The number of aromatic nitrogens is 1. The van der Waals surface area contributed by atoms with Gasteiger partial charge in [-0.2, -0.15) is 0 Å². The molecule has 1 aromatic heterocycles. The minimum absolute atomic E-state index is 0.0606. The minimum Gasteiger partial charge on any atom is -0.336 e. The molecule has 0 aliphatic carbocycles. The summed E-state index contributed by atoms with van der Waals surface area (Å²) in [7, 11) is 2.18. The summed E-state index contributed by atoms with van der Waals surface area (Å²) >= 11 is 6.18. The van der Waals surface area contributed by atoms with Gasteiger partial charge < -0.3 is 14.7 Å². The van der Waals surface area contributed by atoms with E-state index in [2.05, 4.69) is 21.8 Å². The lowest BCUT2D eigenvalue weighted by atomic mass is 9.98. The molecule has 2 aliphatic rings. The zero-order valence-corrected chi connectivity index (χ0v) is 15.2. The lowest BCUT2D eigenvalue weighted by Crippen LogP contribution is -2.48. The number of nitrogens with zero attached hydrogens (tertiary/aromatic N) is 4. The highest BCUT2D eigenvalue weighted by Gasteiger charge is 2.29. The summed E-state index contributed by atoms with van der Waals surface area (Å²) in [6, 6.07) is 2.06. The van der Waals surface area contributed by atoms with Crippen LogP contribution in [0.2, 0.25) is 5.02 Å². The quantitative estimate of drug-likeness (QED) is 0.835. The normalized spacial score (nSPS) is 23.4. The third kappa shape index (κ3) is 4.26. The first-order valence-electron chi connectivity index (χ1n) is 8.96. The first-order valence-corrected chi connectivity index (χ1v) is 9.34. The van der Waals surface area contributed by atoms with E-state index in [0.29, 0.717) is 16.6 Å². The Kier molecular flexibility index (Phi) is 6.09. The molecule has 0 N–H and O–H groups in total. The molecule has 0 aromatic carbocycles. The maximum absolute atomic E-state index is 12.9. The first kappa shape index (κ1) is 17.6. The molecule has 3 rings (SSSR count). The number of pyridine rings is 1. The largest absolute Gasteiger partial charge is 0.336 e. The molecular formula is C18H27ClN4O. The van der Waals surface area contributed by atoms with Crippen LogP contribution in [0.5, 0.6) is 0 Å². The lowest BCUT2D eigenvalue weighted by Gasteiger charge is -2.38. The van der Waals surface area contributed by atoms with Crippen LogP contribution < -0.4 is 0 Å². The van der Waals surface area contributed by atoms with Crippen molar-refractivity contribution < 1.29 is 4.79 Å². The molecule has 132 valence electrons. The average molecular weight is 351 g/mol. The highest BCUT2D eigenvalue weighted by molar-refractivity contribution is 6.33. The molecule has 0 bridgehead atoms. The van der Waals surface area contributed by atoms with Crippen molar-refractivity contribution in [2.75, 3.05) is 46.3 Å². The second kappa shape index (κ2) is 8.28. The van der Waals surface area contributed by atoms with Crippen LogP contribution in [-0.2, 0) is 0 Å². The van der Waals surface area contributed by atoms with Crippen LogP contribution in [0.3, 0.4) is 0 Å². The molecule has 3 heterocycles. The first-order chi connectivity index (χ1) is 11.6. The van der Waals surface area contributed by atoms with E-state index in [1.807, 2.05) is 4.90 Å². The number of piperidine rings is 1. The smallest absolute Gasteiger partial charge is 0.255 e. The molecule has 2 fully saturated rings. The Bertz CT molecular complexity index is 560. The predicted molar refractivity (Wildman–Crippen MR) is 96.5 cm³/mol. The van der Waals surface area contributed by atoms with Gasteiger partial charge in [0.15, 0.2) is 0 Å². The lowest BCUT2D eigenvalue weighted by molar-refractivity contribution is 0.0570. The number of halogens is 1. The Morgan fingerprint density at radius 1 is 1.25 bits per heavy atom. The number of hydrogen-bond donors (Lipinski definition) is 0. The van der Waals surface area contributed by atoms with E-state index in [1.54, 1.807) is 18.5 Å². The van der Waals surface area contributed by atoms with Crippen molar-refractivity contribution in [3.63, 3.8) is 0 Å². The fourth-order valence-corrected chi connectivity index (χ4v) is 3.87. The van der Waals surface area contributed by atoms with Gasteiger partial charge in [0.05, 0.1) is 10.6 Å². The number of amides is 1. The molecule has 1 aromatic rings. The zero-order valence-electron chi connectivity index (χ0n) is 14.5. The van der Waals surface area contributed by atoms with E-state index in [9.17, 15) is 4.79 Å². The number of hydrogen-bond acceptors (Lipinski definition) is 4. The van der Waals surface area contributed by atoms with Gasteiger partial charge in [0.1, 0.15) is 0 Å². The maximum Gasteiger partial charge on any atom is 0.255 e. The Balaban J connectivity index is 1.61. The van der Waals surface area contributed by atoms with E-state index in [1.165, 1.54) is 6.42 Å². The molecule has 0 spiro atoms. The number of piperazine rings is 1.